The molecule has 1 saturated heterocycles. The molecular formula is C15H29NO4Si. The Labute approximate surface area is 129 Å². The van der Waals surface area contributed by atoms with Crippen LogP contribution in [0.1, 0.15) is 33.6 Å². The van der Waals surface area contributed by atoms with Crippen LogP contribution < -0.4 is 0 Å². The van der Waals surface area contributed by atoms with Crippen molar-refractivity contribution in [1.82, 2.24) is 4.90 Å². The maximum Gasteiger partial charge on any atom is 0.411 e. The number of ether oxygens (including phenoxy) is 2. The highest BCUT2D eigenvalue weighted by atomic mass is 28.3. The van der Waals surface area contributed by atoms with Gasteiger partial charge < -0.3 is 9.47 Å². The zero-order chi connectivity index (χ0) is 16.5. The van der Waals surface area contributed by atoms with Gasteiger partial charge in [0.05, 0.1) is 7.11 Å². The standard InChI is InChI=1S/C15H29NO4Si/c1-14(2,3)20-13(18)16-10-8-9-15(16,12(17)19-4)11-21(5,6)7/h8-11H2,1-7H3. The quantitative estimate of drug-likeness (QED) is 0.592. The Morgan fingerprint density at radius 2 is 1.81 bits per heavy atom. The van der Waals surface area contributed by atoms with E-state index < -0.39 is 25.3 Å². The molecule has 1 aliphatic heterocycles. The summed E-state index contributed by atoms with van der Waals surface area (Å²) >= 11 is 0. The predicted octanol–water partition coefficient (Wildman–Crippen LogP) is 3.27. The van der Waals surface area contributed by atoms with E-state index in [1.807, 2.05) is 20.8 Å². The maximum absolute atomic E-state index is 12.5. The molecule has 1 amide bonds. The monoisotopic (exact) mass is 315 g/mol. The molecule has 1 fully saturated rings. The number of carbonyl (C=O) groups is 2. The number of esters is 1. The first-order chi connectivity index (χ1) is 9.41. The molecule has 0 saturated carbocycles. The topological polar surface area (TPSA) is 55.8 Å². The highest BCUT2D eigenvalue weighted by Crippen LogP contribution is 2.38. The van der Waals surface area contributed by atoms with E-state index in [1.165, 1.54) is 7.11 Å². The zero-order valence-corrected chi connectivity index (χ0v) is 15.4. The van der Waals surface area contributed by atoms with Gasteiger partial charge >= 0.3 is 12.1 Å². The van der Waals surface area contributed by atoms with Gasteiger partial charge in [-0.15, -0.1) is 0 Å². The third kappa shape index (κ3) is 4.46. The van der Waals surface area contributed by atoms with Gasteiger partial charge in [-0.2, -0.15) is 0 Å². The summed E-state index contributed by atoms with van der Waals surface area (Å²) in [5.41, 5.74) is -1.41. The molecule has 5 nitrogen and oxygen atoms in total. The number of hydrogen-bond acceptors (Lipinski definition) is 4. The molecule has 0 N–H and O–H groups in total. The van der Waals surface area contributed by atoms with Gasteiger partial charge in [0.2, 0.25) is 0 Å². The number of rotatable bonds is 3. The zero-order valence-electron chi connectivity index (χ0n) is 14.4. The van der Waals surface area contributed by atoms with Gasteiger partial charge in [0.1, 0.15) is 11.1 Å². The van der Waals surface area contributed by atoms with Crippen molar-refractivity contribution in [2.45, 2.75) is 70.4 Å². The molecule has 0 aromatic carbocycles. The summed E-state index contributed by atoms with van der Waals surface area (Å²) in [6.07, 6.45) is 1.05. The van der Waals surface area contributed by atoms with Gasteiger partial charge in [-0.3, -0.25) is 4.90 Å². The van der Waals surface area contributed by atoms with E-state index in [0.717, 1.165) is 6.42 Å². The maximum atomic E-state index is 12.5. The Morgan fingerprint density at radius 1 is 1.24 bits per heavy atom. The van der Waals surface area contributed by atoms with E-state index in [9.17, 15) is 9.59 Å². The average molecular weight is 315 g/mol. The highest BCUT2D eigenvalue weighted by Gasteiger charge is 2.53. The normalized spacial score (nSPS) is 23.1. The fraction of sp³-hybridized carbons (Fsp3) is 0.867. The van der Waals surface area contributed by atoms with E-state index in [1.54, 1.807) is 4.90 Å². The van der Waals surface area contributed by atoms with Gasteiger partial charge in [0.25, 0.3) is 0 Å². The van der Waals surface area contributed by atoms with Crippen LogP contribution in [0.25, 0.3) is 0 Å². The van der Waals surface area contributed by atoms with E-state index >= 15 is 0 Å². The van der Waals surface area contributed by atoms with Crippen molar-refractivity contribution < 1.29 is 19.1 Å². The summed E-state index contributed by atoms with van der Waals surface area (Å²) < 4.78 is 10.5. The van der Waals surface area contributed by atoms with Crippen molar-refractivity contribution in [2.75, 3.05) is 13.7 Å². The second kappa shape index (κ2) is 5.99. The molecule has 0 bridgehead atoms. The number of hydrogen-bond donors (Lipinski definition) is 0. The number of likely N-dealkylation sites (tertiary alicyclic amines) is 1. The Morgan fingerprint density at radius 3 is 2.24 bits per heavy atom. The number of nitrogens with zero attached hydrogens (tertiary/aromatic N) is 1. The second-order valence-electron chi connectivity index (χ2n) is 8.00. The van der Waals surface area contributed by atoms with Crippen molar-refractivity contribution in [3.05, 3.63) is 0 Å². The van der Waals surface area contributed by atoms with Crippen LogP contribution in [0.3, 0.4) is 0 Å². The van der Waals surface area contributed by atoms with Crippen molar-refractivity contribution in [2.24, 2.45) is 0 Å². The first-order valence-electron chi connectivity index (χ1n) is 7.50. The number of amides is 1. The summed E-state index contributed by atoms with van der Waals surface area (Å²) in [6.45, 7) is 12.6. The lowest BCUT2D eigenvalue weighted by Gasteiger charge is -2.39. The van der Waals surface area contributed by atoms with Gasteiger partial charge in [-0.1, -0.05) is 19.6 Å². The van der Waals surface area contributed by atoms with Gasteiger partial charge in [0.15, 0.2) is 0 Å². The molecular weight excluding hydrogens is 286 g/mol. The molecule has 122 valence electrons. The van der Waals surface area contributed by atoms with E-state index in [-0.39, 0.29) is 5.97 Å². The van der Waals surface area contributed by atoms with Crippen LogP contribution >= 0.6 is 0 Å². The Kier molecular flexibility index (Phi) is 5.13. The van der Waals surface area contributed by atoms with Crippen LogP contribution in [0.15, 0.2) is 0 Å². The van der Waals surface area contributed by atoms with Crippen molar-refractivity contribution >= 4 is 20.1 Å². The van der Waals surface area contributed by atoms with Crippen molar-refractivity contribution in [3.8, 4) is 0 Å². The lowest BCUT2D eigenvalue weighted by atomic mass is 9.99. The molecule has 6 heteroatoms. The highest BCUT2D eigenvalue weighted by molar-refractivity contribution is 6.76. The van der Waals surface area contributed by atoms with E-state index in [4.69, 9.17) is 9.47 Å². The Bertz CT molecular complexity index is 411. The first kappa shape index (κ1) is 18.0. The smallest absolute Gasteiger partial charge is 0.411 e. The van der Waals surface area contributed by atoms with E-state index in [0.29, 0.717) is 19.0 Å². The lowest BCUT2D eigenvalue weighted by molar-refractivity contribution is -0.152. The molecule has 0 spiro atoms. The Hall–Kier alpha value is -1.04. The molecule has 1 aliphatic rings. The van der Waals surface area contributed by atoms with Crippen LogP contribution in [0.5, 0.6) is 0 Å². The molecule has 0 aromatic rings. The average Bonchev–Trinajstić information content (AvgIpc) is 2.68. The van der Waals surface area contributed by atoms with E-state index in [2.05, 4.69) is 19.6 Å². The summed E-state index contributed by atoms with van der Waals surface area (Å²) in [4.78, 5) is 26.5. The summed E-state index contributed by atoms with van der Waals surface area (Å²) in [7, 11) is -0.181. The van der Waals surface area contributed by atoms with Gasteiger partial charge in [0, 0.05) is 14.6 Å². The fourth-order valence-corrected chi connectivity index (χ4v) is 5.26. The largest absolute Gasteiger partial charge is 0.467 e. The number of methoxy groups -OCH3 is 1. The van der Waals surface area contributed by atoms with Crippen LogP contribution in [-0.4, -0.2) is 49.8 Å². The lowest BCUT2D eigenvalue weighted by Crippen LogP contribution is -2.57. The molecule has 1 unspecified atom stereocenters. The molecule has 0 aromatic heterocycles. The predicted molar refractivity (Wildman–Crippen MR) is 85.1 cm³/mol. The SMILES string of the molecule is COC(=O)C1(C[Si](C)(C)C)CCCN1C(=O)OC(C)(C)C. The third-order valence-electron chi connectivity index (χ3n) is 3.49. The summed E-state index contributed by atoms with van der Waals surface area (Å²) in [5, 5.41) is 0. The van der Waals surface area contributed by atoms with Gasteiger partial charge in [-0.05, 0) is 39.7 Å². The van der Waals surface area contributed by atoms with Crippen LogP contribution in [0.4, 0.5) is 4.79 Å². The fourth-order valence-electron chi connectivity index (χ4n) is 3.00. The van der Waals surface area contributed by atoms with Crippen LogP contribution in [0.2, 0.25) is 25.7 Å². The van der Waals surface area contributed by atoms with Crippen molar-refractivity contribution in [1.29, 1.82) is 0 Å². The van der Waals surface area contributed by atoms with Crippen molar-refractivity contribution in [3.63, 3.8) is 0 Å². The second-order valence-corrected chi connectivity index (χ2v) is 13.5. The summed E-state index contributed by atoms with van der Waals surface area (Å²) in [6, 6.07) is 0.700. The minimum Gasteiger partial charge on any atom is -0.467 e. The van der Waals surface area contributed by atoms with Gasteiger partial charge in [-0.25, -0.2) is 9.59 Å². The minimum absolute atomic E-state index is 0.312. The number of carbonyl (C=O) groups excluding carboxylic acids is 2. The molecule has 1 atom stereocenters. The molecule has 1 heterocycles. The first-order valence-corrected chi connectivity index (χ1v) is 11.2. The third-order valence-corrected chi connectivity index (χ3v) is 5.14. The molecule has 0 aliphatic carbocycles. The Balaban J connectivity index is 3.10. The van der Waals surface area contributed by atoms with Crippen LogP contribution in [-0.2, 0) is 14.3 Å². The summed E-state index contributed by atoms with van der Waals surface area (Å²) in [5.74, 6) is -0.312. The molecule has 0 radical (unpaired) electrons. The molecule has 21 heavy (non-hydrogen) atoms. The minimum atomic E-state index is -1.57. The molecule has 1 rings (SSSR count). The van der Waals surface area contributed by atoms with Crippen LogP contribution in [0, 0.1) is 0 Å².